The van der Waals surface area contributed by atoms with Crippen LogP contribution in [0.5, 0.6) is 5.75 Å². The highest BCUT2D eigenvalue weighted by atomic mass is 16.5. The molecular weight excluding hydrogens is 250 g/mol. The molecule has 20 heavy (non-hydrogen) atoms. The fraction of sp³-hybridized carbons (Fsp3) is 0.562. The van der Waals surface area contributed by atoms with Gasteiger partial charge >= 0.3 is 0 Å². The SMILES string of the molecule is COc1ccc(CCN=C(N)N2CCCCCC2)cc1. The van der Waals surface area contributed by atoms with Gasteiger partial charge in [0.05, 0.1) is 7.11 Å². The van der Waals surface area contributed by atoms with Gasteiger partial charge in [0.15, 0.2) is 5.96 Å². The van der Waals surface area contributed by atoms with Crippen LogP contribution < -0.4 is 10.5 Å². The van der Waals surface area contributed by atoms with E-state index in [1.165, 1.54) is 31.2 Å². The predicted octanol–water partition coefficient (Wildman–Crippen LogP) is 2.43. The summed E-state index contributed by atoms with van der Waals surface area (Å²) >= 11 is 0. The molecule has 1 fully saturated rings. The first kappa shape index (κ1) is 14.7. The van der Waals surface area contributed by atoms with Gasteiger partial charge in [0, 0.05) is 19.6 Å². The van der Waals surface area contributed by atoms with Crippen molar-refractivity contribution < 1.29 is 4.74 Å². The van der Waals surface area contributed by atoms with Crippen molar-refractivity contribution in [2.24, 2.45) is 10.7 Å². The van der Waals surface area contributed by atoms with Crippen LogP contribution in [0.2, 0.25) is 0 Å². The van der Waals surface area contributed by atoms with Gasteiger partial charge in [-0.15, -0.1) is 0 Å². The van der Waals surface area contributed by atoms with E-state index in [-0.39, 0.29) is 0 Å². The Hall–Kier alpha value is -1.71. The molecule has 0 unspecified atom stereocenters. The average Bonchev–Trinajstić information content (AvgIpc) is 2.77. The zero-order chi connectivity index (χ0) is 14.2. The lowest BCUT2D eigenvalue weighted by atomic mass is 10.1. The number of ether oxygens (including phenoxy) is 1. The largest absolute Gasteiger partial charge is 0.497 e. The molecule has 2 rings (SSSR count). The number of hydrogen-bond acceptors (Lipinski definition) is 2. The Balaban J connectivity index is 1.81. The third-order valence-electron chi connectivity index (χ3n) is 3.76. The minimum Gasteiger partial charge on any atom is -0.497 e. The van der Waals surface area contributed by atoms with Crippen molar-refractivity contribution in [3.63, 3.8) is 0 Å². The van der Waals surface area contributed by atoms with Crippen LogP contribution in [-0.4, -0.2) is 37.6 Å². The van der Waals surface area contributed by atoms with Crippen LogP contribution in [0.25, 0.3) is 0 Å². The fourth-order valence-electron chi connectivity index (χ4n) is 2.49. The molecule has 1 aliphatic rings. The van der Waals surface area contributed by atoms with Crippen molar-refractivity contribution in [1.29, 1.82) is 0 Å². The summed E-state index contributed by atoms with van der Waals surface area (Å²) in [6.45, 7) is 2.85. The molecular formula is C16H25N3O. The van der Waals surface area contributed by atoms with E-state index < -0.39 is 0 Å². The van der Waals surface area contributed by atoms with Gasteiger partial charge in [-0.05, 0) is 37.0 Å². The number of nitrogens with zero attached hydrogens (tertiary/aromatic N) is 2. The van der Waals surface area contributed by atoms with Gasteiger partial charge in [0.1, 0.15) is 5.75 Å². The molecule has 0 aromatic heterocycles. The zero-order valence-corrected chi connectivity index (χ0v) is 12.3. The highest BCUT2D eigenvalue weighted by molar-refractivity contribution is 5.78. The fourth-order valence-corrected chi connectivity index (χ4v) is 2.49. The lowest BCUT2D eigenvalue weighted by Gasteiger charge is -2.21. The Morgan fingerprint density at radius 2 is 1.80 bits per heavy atom. The predicted molar refractivity (Wildman–Crippen MR) is 83.2 cm³/mol. The lowest BCUT2D eigenvalue weighted by Crippen LogP contribution is -2.38. The molecule has 0 atom stereocenters. The van der Waals surface area contributed by atoms with Gasteiger partial charge in [-0.25, -0.2) is 0 Å². The molecule has 1 aliphatic heterocycles. The van der Waals surface area contributed by atoms with Crippen LogP contribution in [0.1, 0.15) is 31.2 Å². The highest BCUT2D eigenvalue weighted by Gasteiger charge is 2.10. The van der Waals surface area contributed by atoms with Gasteiger partial charge in [-0.1, -0.05) is 25.0 Å². The average molecular weight is 275 g/mol. The molecule has 1 heterocycles. The lowest BCUT2D eigenvalue weighted by molar-refractivity contribution is 0.414. The number of benzene rings is 1. The molecule has 2 N–H and O–H groups in total. The maximum atomic E-state index is 6.08. The van der Waals surface area contributed by atoms with Gasteiger partial charge in [-0.2, -0.15) is 0 Å². The molecule has 0 spiro atoms. The molecule has 1 aromatic rings. The second-order valence-electron chi connectivity index (χ2n) is 5.24. The Bertz CT molecular complexity index is 420. The molecule has 1 saturated heterocycles. The third-order valence-corrected chi connectivity index (χ3v) is 3.76. The van der Waals surface area contributed by atoms with Crippen LogP contribution in [0.3, 0.4) is 0 Å². The normalized spacial score (nSPS) is 16.9. The van der Waals surface area contributed by atoms with E-state index in [1.54, 1.807) is 7.11 Å². The Kier molecular flexibility index (Phi) is 5.71. The first-order chi connectivity index (χ1) is 9.79. The molecule has 0 radical (unpaired) electrons. The number of hydrogen-bond donors (Lipinski definition) is 1. The van der Waals surface area contributed by atoms with Crippen molar-refractivity contribution in [2.45, 2.75) is 32.1 Å². The third kappa shape index (κ3) is 4.44. The first-order valence-corrected chi connectivity index (χ1v) is 7.47. The van der Waals surface area contributed by atoms with Crippen molar-refractivity contribution in [3.8, 4) is 5.75 Å². The van der Waals surface area contributed by atoms with Crippen molar-refractivity contribution >= 4 is 5.96 Å². The number of aliphatic imine (C=N–C) groups is 1. The first-order valence-electron chi connectivity index (χ1n) is 7.47. The minimum absolute atomic E-state index is 0.709. The Labute approximate surface area is 121 Å². The van der Waals surface area contributed by atoms with Gasteiger partial charge in [0.2, 0.25) is 0 Å². The number of methoxy groups -OCH3 is 1. The zero-order valence-electron chi connectivity index (χ0n) is 12.3. The molecule has 0 bridgehead atoms. The molecule has 0 aliphatic carbocycles. The van der Waals surface area contributed by atoms with E-state index in [1.807, 2.05) is 12.1 Å². The molecule has 1 aromatic carbocycles. The Morgan fingerprint density at radius 1 is 1.15 bits per heavy atom. The summed E-state index contributed by atoms with van der Waals surface area (Å²) in [5, 5.41) is 0. The molecule has 0 amide bonds. The van der Waals surface area contributed by atoms with Gasteiger partial charge < -0.3 is 15.4 Å². The van der Waals surface area contributed by atoms with Crippen LogP contribution >= 0.6 is 0 Å². The summed E-state index contributed by atoms with van der Waals surface area (Å²) in [4.78, 5) is 6.74. The number of rotatable bonds is 4. The van der Waals surface area contributed by atoms with E-state index in [4.69, 9.17) is 10.5 Å². The van der Waals surface area contributed by atoms with Gasteiger partial charge in [0.25, 0.3) is 0 Å². The highest BCUT2D eigenvalue weighted by Crippen LogP contribution is 2.12. The molecule has 110 valence electrons. The second kappa shape index (κ2) is 7.78. The smallest absolute Gasteiger partial charge is 0.191 e. The molecule has 4 heteroatoms. The minimum atomic E-state index is 0.709. The van der Waals surface area contributed by atoms with Crippen molar-refractivity contribution in [3.05, 3.63) is 29.8 Å². The monoisotopic (exact) mass is 275 g/mol. The number of guanidine groups is 1. The Morgan fingerprint density at radius 3 is 2.40 bits per heavy atom. The van der Waals surface area contributed by atoms with E-state index >= 15 is 0 Å². The summed E-state index contributed by atoms with van der Waals surface area (Å²) in [5.74, 6) is 1.60. The van der Waals surface area contributed by atoms with Crippen LogP contribution in [0.4, 0.5) is 0 Å². The topological polar surface area (TPSA) is 50.9 Å². The maximum Gasteiger partial charge on any atom is 0.191 e. The molecule has 4 nitrogen and oxygen atoms in total. The summed E-state index contributed by atoms with van der Waals surface area (Å²) in [5.41, 5.74) is 7.35. The van der Waals surface area contributed by atoms with E-state index in [0.29, 0.717) is 5.96 Å². The van der Waals surface area contributed by atoms with Crippen molar-refractivity contribution in [1.82, 2.24) is 4.90 Å². The summed E-state index contributed by atoms with van der Waals surface area (Å²) < 4.78 is 5.15. The standard InChI is InChI=1S/C16H25N3O/c1-20-15-8-6-14(7-9-15)10-11-18-16(17)19-12-4-2-3-5-13-19/h6-9H,2-5,10-13H2,1H3,(H2,17,18). The second-order valence-corrected chi connectivity index (χ2v) is 5.24. The van der Waals surface area contributed by atoms with E-state index in [9.17, 15) is 0 Å². The quantitative estimate of drug-likeness (QED) is 0.678. The number of likely N-dealkylation sites (tertiary alicyclic amines) is 1. The maximum absolute atomic E-state index is 6.08. The van der Waals surface area contributed by atoms with Crippen LogP contribution in [0, 0.1) is 0 Å². The van der Waals surface area contributed by atoms with Gasteiger partial charge in [-0.3, -0.25) is 4.99 Å². The van der Waals surface area contributed by atoms with Crippen molar-refractivity contribution in [2.75, 3.05) is 26.7 Å². The summed E-state index contributed by atoms with van der Waals surface area (Å²) in [7, 11) is 1.68. The summed E-state index contributed by atoms with van der Waals surface area (Å²) in [6, 6.07) is 8.13. The molecule has 0 saturated carbocycles. The summed E-state index contributed by atoms with van der Waals surface area (Å²) in [6.07, 6.45) is 6.01. The van der Waals surface area contributed by atoms with Crippen LogP contribution in [0.15, 0.2) is 29.3 Å². The van der Waals surface area contributed by atoms with Crippen LogP contribution in [-0.2, 0) is 6.42 Å². The number of nitrogens with two attached hydrogens (primary N) is 1. The van der Waals surface area contributed by atoms with E-state index in [0.717, 1.165) is 31.8 Å². The van der Waals surface area contributed by atoms with E-state index in [2.05, 4.69) is 22.0 Å².